The SMILES string of the molecule is CC(NC(=O)c1ccc(Br)cc1)c1nc2ccccc2n1CCC1CCCCC1. The number of amides is 1. The average molecular weight is 454 g/mol. The molecule has 152 valence electrons. The number of hydrogen-bond acceptors (Lipinski definition) is 2. The lowest BCUT2D eigenvalue weighted by atomic mass is 9.87. The summed E-state index contributed by atoms with van der Waals surface area (Å²) >= 11 is 3.42. The molecule has 1 saturated carbocycles. The van der Waals surface area contributed by atoms with Gasteiger partial charge in [-0.15, -0.1) is 0 Å². The highest BCUT2D eigenvalue weighted by Crippen LogP contribution is 2.29. The molecule has 0 spiro atoms. The Morgan fingerprint density at radius 3 is 2.62 bits per heavy atom. The molecule has 1 atom stereocenters. The first-order chi connectivity index (χ1) is 14.1. The highest BCUT2D eigenvalue weighted by atomic mass is 79.9. The first kappa shape index (κ1) is 20.1. The van der Waals surface area contributed by atoms with Crippen molar-refractivity contribution in [1.29, 1.82) is 0 Å². The Hall–Kier alpha value is -2.14. The Morgan fingerprint density at radius 2 is 1.86 bits per heavy atom. The van der Waals surface area contributed by atoms with Crippen molar-refractivity contribution in [1.82, 2.24) is 14.9 Å². The molecule has 1 N–H and O–H groups in total. The van der Waals surface area contributed by atoms with Crippen LogP contribution in [0.25, 0.3) is 11.0 Å². The van der Waals surface area contributed by atoms with Crippen LogP contribution in [0.5, 0.6) is 0 Å². The molecule has 1 amide bonds. The average Bonchev–Trinajstić information content (AvgIpc) is 3.12. The van der Waals surface area contributed by atoms with E-state index in [1.807, 2.05) is 37.3 Å². The molecule has 0 bridgehead atoms. The van der Waals surface area contributed by atoms with E-state index in [0.717, 1.165) is 33.8 Å². The summed E-state index contributed by atoms with van der Waals surface area (Å²) in [5.41, 5.74) is 2.81. The molecule has 5 heteroatoms. The van der Waals surface area contributed by atoms with E-state index in [1.165, 1.54) is 38.5 Å². The fourth-order valence-electron chi connectivity index (χ4n) is 4.39. The lowest BCUT2D eigenvalue weighted by Gasteiger charge is -2.23. The molecule has 29 heavy (non-hydrogen) atoms. The first-order valence-electron chi connectivity index (χ1n) is 10.6. The van der Waals surface area contributed by atoms with Crippen molar-refractivity contribution in [3.63, 3.8) is 0 Å². The number of imidazole rings is 1. The summed E-state index contributed by atoms with van der Waals surface area (Å²) in [5.74, 6) is 1.67. The van der Waals surface area contributed by atoms with Crippen molar-refractivity contribution < 1.29 is 4.79 Å². The van der Waals surface area contributed by atoms with Crippen LogP contribution in [0.1, 0.15) is 67.7 Å². The van der Waals surface area contributed by atoms with Gasteiger partial charge in [-0.2, -0.15) is 0 Å². The zero-order valence-corrected chi connectivity index (χ0v) is 18.5. The molecule has 0 saturated heterocycles. The molecule has 1 fully saturated rings. The highest BCUT2D eigenvalue weighted by molar-refractivity contribution is 9.10. The van der Waals surface area contributed by atoms with Crippen molar-refractivity contribution in [3.05, 3.63) is 64.4 Å². The Bertz CT molecular complexity index is 973. The predicted octanol–water partition coefficient (Wildman–Crippen LogP) is 6.26. The van der Waals surface area contributed by atoms with Gasteiger partial charge in [-0.1, -0.05) is 60.2 Å². The molecule has 0 aliphatic heterocycles. The molecule has 3 aromatic rings. The van der Waals surface area contributed by atoms with Crippen LogP contribution in [0, 0.1) is 5.92 Å². The van der Waals surface area contributed by atoms with Crippen molar-refractivity contribution >= 4 is 32.9 Å². The number of carbonyl (C=O) groups excluding carboxylic acids is 1. The summed E-state index contributed by atoms with van der Waals surface area (Å²) in [6.07, 6.45) is 7.98. The third-order valence-corrected chi connectivity index (χ3v) is 6.54. The first-order valence-corrected chi connectivity index (χ1v) is 11.4. The molecule has 2 aromatic carbocycles. The summed E-state index contributed by atoms with van der Waals surface area (Å²) in [7, 11) is 0. The number of carbonyl (C=O) groups is 1. The van der Waals surface area contributed by atoms with Crippen LogP contribution >= 0.6 is 15.9 Å². The second-order valence-electron chi connectivity index (χ2n) is 8.11. The van der Waals surface area contributed by atoms with Crippen molar-refractivity contribution in [2.45, 2.75) is 58.0 Å². The van der Waals surface area contributed by atoms with E-state index in [4.69, 9.17) is 4.98 Å². The van der Waals surface area contributed by atoms with E-state index in [9.17, 15) is 4.79 Å². The zero-order chi connectivity index (χ0) is 20.2. The van der Waals surface area contributed by atoms with Crippen molar-refractivity contribution in [2.24, 2.45) is 5.92 Å². The van der Waals surface area contributed by atoms with Gasteiger partial charge in [0.2, 0.25) is 0 Å². The Labute approximate surface area is 180 Å². The number of nitrogens with one attached hydrogen (secondary N) is 1. The van der Waals surface area contributed by atoms with Gasteiger partial charge >= 0.3 is 0 Å². The second kappa shape index (κ2) is 9.12. The smallest absolute Gasteiger partial charge is 0.251 e. The Balaban J connectivity index is 1.54. The Kier molecular flexibility index (Phi) is 6.34. The molecule has 1 aliphatic carbocycles. The van der Waals surface area contributed by atoms with Crippen LogP contribution in [0.15, 0.2) is 53.0 Å². The Morgan fingerprint density at radius 1 is 1.14 bits per heavy atom. The van der Waals surface area contributed by atoms with Gasteiger partial charge in [-0.3, -0.25) is 4.79 Å². The number of aromatic nitrogens is 2. The van der Waals surface area contributed by atoms with E-state index in [-0.39, 0.29) is 11.9 Å². The summed E-state index contributed by atoms with van der Waals surface area (Å²) in [6.45, 7) is 2.98. The van der Waals surface area contributed by atoms with Gasteiger partial charge in [0.15, 0.2) is 0 Å². The number of aryl methyl sites for hydroxylation is 1. The van der Waals surface area contributed by atoms with Gasteiger partial charge in [-0.25, -0.2) is 4.98 Å². The molecule has 1 heterocycles. The maximum Gasteiger partial charge on any atom is 0.251 e. The number of rotatable bonds is 6. The lowest BCUT2D eigenvalue weighted by molar-refractivity contribution is 0.0937. The summed E-state index contributed by atoms with van der Waals surface area (Å²) in [5, 5.41) is 3.13. The van der Waals surface area contributed by atoms with E-state index >= 15 is 0 Å². The number of fused-ring (bicyclic) bond motifs is 1. The van der Waals surface area contributed by atoms with Crippen LogP contribution in [-0.2, 0) is 6.54 Å². The minimum Gasteiger partial charge on any atom is -0.342 e. The minimum absolute atomic E-state index is 0.0733. The van der Waals surface area contributed by atoms with E-state index < -0.39 is 0 Å². The van der Waals surface area contributed by atoms with Gasteiger partial charge in [0.1, 0.15) is 5.82 Å². The normalized spacial score (nSPS) is 16.1. The quantitative estimate of drug-likeness (QED) is 0.478. The maximum absolute atomic E-state index is 12.7. The standard InChI is InChI=1S/C24H28BrN3O/c1-17(26-24(29)19-11-13-20(25)14-12-19)23-27-21-9-5-6-10-22(21)28(23)16-15-18-7-3-2-4-8-18/h5-6,9-14,17-18H,2-4,7-8,15-16H2,1H3,(H,26,29). The summed E-state index contributed by atoms with van der Waals surface area (Å²) in [4.78, 5) is 17.6. The fourth-order valence-corrected chi connectivity index (χ4v) is 4.66. The number of hydrogen-bond donors (Lipinski definition) is 1. The van der Waals surface area contributed by atoms with Gasteiger partial charge in [0, 0.05) is 16.6 Å². The van der Waals surface area contributed by atoms with E-state index in [1.54, 1.807) is 0 Å². The minimum atomic E-state index is -0.162. The van der Waals surface area contributed by atoms with Crippen LogP contribution in [0.2, 0.25) is 0 Å². The molecule has 4 rings (SSSR count). The second-order valence-corrected chi connectivity index (χ2v) is 9.02. The number of benzene rings is 2. The largest absolute Gasteiger partial charge is 0.342 e. The van der Waals surface area contributed by atoms with Gasteiger partial charge in [-0.05, 0) is 55.7 Å². The van der Waals surface area contributed by atoms with E-state index in [2.05, 4.69) is 44.0 Å². The molecular formula is C24H28BrN3O. The molecule has 1 unspecified atom stereocenters. The highest BCUT2D eigenvalue weighted by Gasteiger charge is 2.20. The van der Waals surface area contributed by atoms with Gasteiger partial charge in [0.05, 0.1) is 17.1 Å². The van der Waals surface area contributed by atoms with Crippen LogP contribution < -0.4 is 5.32 Å². The fraction of sp³-hybridized carbons (Fsp3) is 0.417. The topological polar surface area (TPSA) is 46.9 Å². The monoisotopic (exact) mass is 453 g/mol. The van der Waals surface area contributed by atoms with Gasteiger partial charge in [0.25, 0.3) is 5.91 Å². The molecule has 1 aromatic heterocycles. The maximum atomic E-state index is 12.7. The lowest BCUT2D eigenvalue weighted by Crippen LogP contribution is -2.29. The summed E-state index contributed by atoms with van der Waals surface area (Å²) in [6, 6.07) is 15.6. The molecule has 1 aliphatic rings. The van der Waals surface area contributed by atoms with Crippen LogP contribution in [0.3, 0.4) is 0 Å². The molecule has 0 radical (unpaired) electrons. The zero-order valence-electron chi connectivity index (χ0n) is 16.9. The van der Waals surface area contributed by atoms with Crippen LogP contribution in [0.4, 0.5) is 0 Å². The third kappa shape index (κ3) is 4.72. The third-order valence-electron chi connectivity index (χ3n) is 6.01. The molecule has 4 nitrogen and oxygen atoms in total. The van der Waals surface area contributed by atoms with Crippen molar-refractivity contribution in [2.75, 3.05) is 0 Å². The number of halogens is 1. The predicted molar refractivity (Wildman–Crippen MR) is 121 cm³/mol. The van der Waals surface area contributed by atoms with Gasteiger partial charge < -0.3 is 9.88 Å². The van der Waals surface area contributed by atoms with Crippen molar-refractivity contribution in [3.8, 4) is 0 Å². The number of para-hydroxylation sites is 2. The molecular weight excluding hydrogens is 426 g/mol. The van der Waals surface area contributed by atoms with E-state index in [0.29, 0.717) is 5.56 Å². The summed E-state index contributed by atoms with van der Waals surface area (Å²) < 4.78 is 3.28. The number of nitrogens with zero attached hydrogens (tertiary/aromatic N) is 2. The van der Waals surface area contributed by atoms with Crippen LogP contribution in [-0.4, -0.2) is 15.5 Å².